The SMILES string of the molecule is O=[N+]([O-])c1ccc(-c2ncccc2CCN2CCCC2)cc1. The lowest BCUT2D eigenvalue weighted by Crippen LogP contribution is -2.22. The van der Waals surface area contributed by atoms with Gasteiger partial charge in [-0.1, -0.05) is 6.07 Å². The predicted octanol–water partition coefficient (Wildman–Crippen LogP) is 3.30. The number of likely N-dealkylation sites (tertiary alicyclic amines) is 1. The molecule has 2 heterocycles. The average molecular weight is 297 g/mol. The van der Waals surface area contributed by atoms with Crippen molar-refractivity contribution in [3.8, 4) is 11.3 Å². The fraction of sp³-hybridized carbons (Fsp3) is 0.353. The second-order valence-corrected chi connectivity index (χ2v) is 5.61. The summed E-state index contributed by atoms with van der Waals surface area (Å²) in [6, 6.07) is 10.7. The first-order valence-corrected chi connectivity index (χ1v) is 7.65. The number of nitro benzene ring substituents is 1. The number of nitrogens with zero attached hydrogens (tertiary/aromatic N) is 3. The molecule has 1 aromatic heterocycles. The molecule has 1 fully saturated rings. The first-order chi connectivity index (χ1) is 10.7. The molecule has 0 amide bonds. The van der Waals surface area contributed by atoms with Gasteiger partial charge in [0.2, 0.25) is 0 Å². The van der Waals surface area contributed by atoms with Crippen LogP contribution in [0.5, 0.6) is 0 Å². The molecule has 114 valence electrons. The summed E-state index contributed by atoms with van der Waals surface area (Å²) < 4.78 is 0. The molecule has 22 heavy (non-hydrogen) atoms. The van der Waals surface area contributed by atoms with E-state index in [0.717, 1.165) is 24.2 Å². The summed E-state index contributed by atoms with van der Waals surface area (Å²) >= 11 is 0. The zero-order chi connectivity index (χ0) is 15.4. The molecule has 2 aromatic rings. The standard InChI is InChI=1S/C17H19N3O2/c21-20(22)16-7-5-15(6-8-16)17-14(4-3-10-18-17)9-13-19-11-1-2-12-19/h3-8,10H,1-2,9,11-13H2. The number of benzene rings is 1. The largest absolute Gasteiger partial charge is 0.303 e. The molecule has 1 aliphatic heterocycles. The van der Waals surface area contributed by atoms with Gasteiger partial charge in [-0.15, -0.1) is 0 Å². The highest BCUT2D eigenvalue weighted by atomic mass is 16.6. The Kier molecular flexibility index (Phi) is 4.44. The normalized spacial score (nSPS) is 15.1. The van der Waals surface area contributed by atoms with Crippen molar-refractivity contribution >= 4 is 5.69 Å². The van der Waals surface area contributed by atoms with E-state index in [-0.39, 0.29) is 10.6 Å². The second kappa shape index (κ2) is 6.66. The van der Waals surface area contributed by atoms with Gasteiger partial charge in [-0.05, 0) is 56.1 Å². The van der Waals surface area contributed by atoms with E-state index in [0.29, 0.717) is 0 Å². The van der Waals surface area contributed by atoms with Crippen molar-refractivity contribution in [1.29, 1.82) is 0 Å². The summed E-state index contributed by atoms with van der Waals surface area (Å²) in [5, 5.41) is 10.7. The van der Waals surface area contributed by atoms with Gasteiger partial charge in [0, 0.05) is 30.4 Å². The van der Waals surface area contributed by atoms with Crippen LogP contribution >= 0.6 is 0 Å². The molecule has 0 radical (unpaired) electrons. The molecular formula is C17H19N3O2. The topological polar surface area (TPSA) is 59.3 Å². The zero-order valence-corrected chi connectivity index (χ0v) is 12.4. The van der Waals surface area contributed by atoms with Crippen molar-refractivity contribution in [3.05, 3.63) is 58.3 Å². The van der Waals surface area contributed by atoms with E-state index >= 15 is 0 Å². The van der Waals surface area contributed by atoms with E-state index in [2.05, 4.69) is 16.0 Å². The summed E-state index contributed by atoms with van der Waals surface area (Å²) in [7, 11) is 0. The minimum atomic E-state index is -0.378. The van der Waals surface area contributed by atoms with Crippen molar-refractivity contribution < 1.29 is 4.92 Å². The maximum Gasteiger partial charge on any atom is 0.269 e. The van der Waals surface area contributed by atoms with Crippen LogP contribution in [0.3, 0.4) is 0 Å². The van der Waals surface area contributed by atoms with E-state index in [1.165, 1.54) is 43.6 Å². The number of non-ortho nitro benzene ring substituents is 1. The molecule has 5 heteroatoms. The van der Waals surface area contributed by atoms with Gasteiger partial charge in [0.1, 0.15) is 0 Å². The summed E-state index contributed by atoms with van der Waals surface area (Å²) in [6.07, 6.45) is 5.32. The van der Waals surface area contributed by atoms with Crippen LogP contribution in [0, 0.1) is 10.1 Å². The number of nitro groups is 1. The Hall–Kier alpha value is -2.27. The molecule has 1 aromatic carbocycles. The summed E-state index contributed by atoms with van der Waals surface area (Å²) in [5.74, 6) is 0. The van der Waals surface area contributed by atoms with E-state index in [1.807, 2.05) is 6.07 Å². The predicted molar refractivity (Wildman–Crippen MR) is 85.7 cm³/mol. The molecule has 0 spiro atoms. The van der Waals surface area contributed by atoms with Gasteiger partial charge in [-0.3, -0.25) is 15.1 Å². The quantitative estimate of drug-likeness (QED) is 0.627. The van der Waals surface area contributed by atoms with E-state index in [4.69, 9.17) is 0 Å². The van der Waals surface area contributed by atoms with Crippen LogP contribution < -0.4 is 0 Å². The molecule has 0 bridgehead atoms. The van der Waals surface area contributed by atoms with Crippen LogP contribution in [0.4, 0.5) is 5.69 Å². The van der Waals surface area contributed by atoms with Gasteiger partial charge in [0.25, 0.3) is 5.69 Å². The smallest absolute Gasteiger partial charge is 0.269 e. The maximum atomic E-state index is 10.7. The Labute approximate surface area is 129 Å². The molecule has 0 unspecified atom stereocenters. The molecule has 0 atom stereocenters. The number of aromatic nitrogens is 1. The molecule has 0 saturated carbocycles. The lowest BCUT2D eigenvalue weighted by molar-refractivity contribution is -0.384. The van der Waals surface area contributed by atoms with Crippen LogP contribution in [0.1, 0.15) is 18.4 Å². The van der Waals surface area contributed by atoms with Gasteiger partial charge in [0.15, 0.2) is 0 Å². The number of pyridine rings is 1. The number of rotatable bonds is 5. The van der Waals surface area contributed by atoms with Crippen LogP contribution in [-0.2, 0) is 6.42 Å². The van der Waals surface area contributed by atoms with Crippen LogP contribution in [0.25, 0.3) is 11.3 Å². The van der Waals surface area contributed by atoms with Gasteiger partial charge in [-0.2, -0.15) is 0 Å². The highest BCUT2D eigenvalue weighted by molar-refractivity contribution is 5.64. The van der Waals surface area contributed by atoms with E-state index in [9.17, 15) is 10.1 Å². The highest BCUT2D eigenvalue weighted by Crippen LogP contribution is 2.24. The Balaban J connectivity index is 1.79. The van der Waals surface area contributed by atoms with Crippen molar-refractivity contribution in [2.24, 2.45) is 0 Å². The van der Waals surface area contributed by atoms with Crippen LogP contribution in [-0.4, -0.2) is 34.4 Å². The van der Waals surface area contributed by atoms with Crippen LogP contribution in [0.2, 0.25) is 0 Å². The van der Waals surface area contributed by atoms with E-state index in [1.54, 1.807) is 18.3 Å². The zero-order valence-electron chi connectivity index (χ0n) is 12.4. The summed E-state index contributed by atoms with van der Waals surface area (Å²) in [4.78, 5) is 17.3. The monoisotopic (exact) mass is 297 g/mol. The summed E-state index contributed by atoms with van der Waals surface area (Å²) in [6.45, 7) is 3.42. The lowest BCUT2D eigenvalue weighted by atomic mass is 10.0. The average Bonchev–Trinajstić information content (AvgIpc) is 3.07. The number of hydrogen-bond donors (Lipinski definition) is 0. The van der Waals surface area contributed by atoms with Crippen molar-refractivity contribution in [2.45, 2.75) is 19.3 Å². The van der Waals surface area contributed by atoms with Crippen LogP contribution in [0.15, 0.2) is 42.6 Å². The van der Waals surface area contributed by atoms with Gasteiger partial charge >= 0.3 is 0 Å². The molecule has 0 aliphatic carbocycles. The van der Waals surface area contributed by atoms with Crippen molar-refractivity contribution in [3.63, 3.8) is 0 Å². The summed E-state index contributed by atoms with van der Waals surface area (Å²) in [5.41, 5.74) is 3.17. The Morgan fingerprint density at radius 3 is 2.55 bits per heavy atom. The number of hydrogen-bond acceptors (Lipinski definition) is 4. The van der Waals surface area contributed by atoms with Gasteiger partial charge in [0.05, 0.1) is 10.6 Å². The molecule has 1 aliphatic rings. The fourth-order valence-corrected chi connectivity index (χ4v) is 2.93. The highest BCUT2D eigenvalue weighted by Gasteiger charge is 2.13. The lowest BCUT2D eigenvalue weighted by Gasteiger charge is -2.15. The molecule has 5 nitrogen and oxygen atoms in total. The molecule has 3 rings (SSSR count). The third-order valence-corrected chi connectivity index (χ3v) is 4.14. The molecule has 0 N–H and O–H groups in total. The molecular weight excluding hydrogens is 278 g/mol. The Morgan fingerprint density at radius 1 is 1.14 bits per heavy atom. The third kappa shape index (κ3) is 3.31. The van der Waals surface area contributed by atoms with Gasteiger partial charge < -0.3 is 4.90 Å². The minimum absolute atomic E-state index is 0.110. The first kappa shape index (κ1) is 14.7. The van der Waals surface area contributed by atoms with E-state index < -0.39 is 0 Å². The van der Waals surface area contributed by atoms with Crippen molar-refractivity contribution in [1.82, 2.24) is 9.88 Å². The Morgan fingerprint density at radius 2 is 1.86 bits per heavy atom. The molecule has 1 saturated heterocycles. The third-order valence-electron chi connectivity index (χ3n) is 4.14. The minimum Gasteiger partial charge on any atom is -0.303 e. The van der Waals surface area contributed by atoms with Crippen molar-refractivity contribution in [2.75, 3.05) is 19.6 Å². The maximum absolute atomic E-state index is 10.7. The fourth-order valence-electron chi connectivity index (χ4n) is 2.93. The Bertz CT molecular complexity index is 649. The van der Waals surface area contributed by atoms with Gasteiger partial charge in [-0.25, -0.2) is 0 Å². The second-order valence-electron chi connectivity index (χ2n) is 5.61. The first-order valence-electron chi connectivity index (χ1n) is 7.65.